The topological polar surface area (TPSA) is 35.6 Å². The Kier molecular flexibility index (Phi) is 7.20. The number of fused-ring (bicyclic) bond motifs is 11. The number of aromatic nitrogens is 4. The molecule has 3 aromatic heterocycles. The van der Waals surface area contributed by atoms with Gasteiger partial charge in [-0.3, -0.25) is 0 Å². The highest BCUT2D eigenvalue weighted by molar-refractivity contribution is 6.36. The Hall–Kier alpha value is -7.82. The van der Waals surface area contributed by atoms with Gasteiger partial charge in [-0.25, -0.2) is 9.97 Å². The van der Waals surface area contributed by atoms with Crippen molar-refractivity contribution in [2.24, 2.45) is 0 Å². The third kappa shape index (κ3) is 4.82. The lowest BCUT2D eigenvalue weighted by molar-refractivity contribution is 1.15. The van der Waals surface area contributed by atoms with E-state index in [1.165, 1.54) is 48.9 Å². The van der Waals surface area contributed by atoms with Crippen molar-refractivity contribution in [3.8, 4) is 45.0 Å². The molecular weight excluding hydrogens is 705 g/mol. The van der Waals surface area contributed by atoms with Crippen LogP contribution in [0.25, 0.3) is 110 Å². The Morgan fingerprint density at radius 3 is 1.38 bits per heavy atom. The van der Waals surface area contributed by atoms with E-state index in [-0.39, 0.29) is 0 Å². The molecule has 4 heteroatoms. The average Bonchev–Trinajstić information content (AvgIpc) is 3.84. The summed E-state index contributed by atoms with van der Waals surface area (Å²) in [4.78, 5) is 10.8. The summed E-state index contributed by atoms with van der Waals surface area (Å²) in [6.45, 7) is 0. The van der Waals surface area contributed by atoms with Crippen LogP contribution >= 0.6 is 0 Å². The lowest BCUT2D eigenvalue weighted by atomic mass is 9.98. The van der Waals surface area contributed by atoms with Gasteiger partial charge in [0.05, 0.1) is 44.5 Å². The van der Waals surface area contributed by atoms with Crippen molar-refractivity contribution in [2.75, 3.05) is 0 Å². The maximum absolute atomic E-state index is 5.46. The molecule has 0 saturated heterocycles. The molecule has 0 atom stereocenters. The molecule has 4 nitrogen and oxygen atoms in total. The summed E-state index contributed by atoms with van der Waals surface area (Å²) >= 11 is 0. The van der Waals surface area contributed by atoms with Crippen LogP contribution < -0.4 is 0 Å². The number of nitrogens with zero attached hydrogens (tertiary/aromatic N) is 4. The summed E-state index contributed by atoms with van der Waals surface area (Å²) < 4.78 is 4.95. The van der Waals surface area contributed by atoms with Gasteiger partial charge in [0.1, 0.15) is 0 Å². The van der Waals surface area contributed by atoms with Gasteiger partial charge < -0.3 is 9.13 Å². The lowest BCUT2D eigenvalue weighted by Gasteiger charge is -2.15. The quantitative estimate of drug-likeness (QED) is 0.176. The van der Waals surface area contributed by atoms with E-state index in [9.17, 15) is 0 Å². The minimum absolute atomic E-state index is 0.860. The monoisotopic (exact) mass is 738 g/mol. The molecule has 0 N–H and O–H groups in total. The first-order chi connectivity index (χ1) is 28.8. The van der Waals surface area contributed by atoms with Gasteiger partial charge in [0.15, 0.2) is 0 Å². The molecule has 12 aromatic rings. The maximum atomic E-state index is 5.46. The van der Waals surface area contributed by atoms with E-state index in [1.807, 2.05) is 12.1 Å². The van der Waals surface area contributed by atoms with E-state index in [2.05, 4.69) is 203 Å². The fourth-order valence-electron chi connectivity index (χ4n) is 9.22. The molecule has 0 aliphatic heterocycles. The number of hydrogen-bond donors (Lipinski definition) is 0. The normalized spacial score (nSPS) is 11.8. The molecule has 9 aromatic carbocycles. The molecule has 0 aliphatic carbocycles. The molecule has 0 unspecified atom stereocenters. The van der Waals surface area contributed by atoms with Crippen molar-refractivity contribution < 1.29 is 0 Å². The number of benzene rings is 9. The van der Waals surface area contributed by atoms with Crippen LogP contribution in [0.2, 0.25) is 0 Å². The summed E-state index contributed by atoms with van der Waals surface area (Å²) in [5, 5.41) is 7.48. The van der Waals surface area contributed by atoms with Crippen LogP contribution in [0.15, 0.2) is 206 Å². The molecule has 0 radical (unpaired) electrons. The summed E-state index contributed by atoms with van der Waals surface area (Å²) in [7, 11) is 0. The zero-order valence-electron chi connectivity index (χ0n) is 31.4. The molecule has 0 fully saturated rings. The predicted octanol–water partition coefficient (Wildman–Crippen LogP) is 14.0. The SMILES string of the molecule is c1ccc(-c2nc3cccc(-c4cccc(-n5c6ccccc6c6c7ccccc7c7c8ccccc8n(-c8ccccc8)c7c65)c4)c3nc2-c2ccccc2)cc1. The van der Waals surface area contributed by atoms with Gasteiger partial charge in [-0.2, -0.15) is 0 Å². The third-order valence-corrected chi connectivity index (χ3v) is 11.7. The Bertz CT molecular complexity index is 3550. The van der Waals surface area contributed by atoms with E-state index in [4.69, 9.17) is 9.97 Å². The van der Waals surface area contributed by atoms with Gasteiger partial charge in [0.2, 0.25) is 0 Å². The molecule has 0 amide bonds. The Morgan fingerprint density at radius 2 is 0.776 bits per heavy atom. The first-order valence-corrected chi connectivity index (χ1v) is 19.8. The van der Waals surface area contributed by atoms with Crippen LogP contribution in [0.1, 0.15) is 0 Å². The van der Waals surface area contributed by atoms with Crippen molar-refractivity contribution >= 4 is 65.4 Å². The zero-order chi connectivity index (χ0) is 38.2. The zero-order valence-corrected chi connectivity index (χ0v) is 31.4. The smallest absolute Gasteiger partial charge is 0.0973 e. The molecule has 270 valence electrons. The molecule has 0 bridgehead atoms. The first-order valence-electron chi connectivity index (χ1n) is 19.8. The first kappa shape index (κ1) is 32.4. The molecule has 3 heterocycles. The highest BCUT2D eigenvalue weighted by Crippen LogP contribution is 2.47. The Labute approximate surface area is 334 Å². The van der Waals surface area contributed by atoms with E-state index < -0.39 is 0 Å². The van der Waals surface area contributed by atoms with Gasteiger partial charge in [-0.05, 0) is 58.8 Å². The van der Waals surface area contributed by atoms with Crippen molar-refractivity contribution in [3.63, 3.8) is 0 Å². The molecule has 12 rings (SSSR count). The summed E-state index contributed by atoms with van der Waals surface area (Å²) in [5.41, 5.74) is 14.6. The third-order valence-electron chi connectivity index (χ3n) is 11.7. The number of para-hydroxylation sites is 4. The summed E-state index contributed by atoms with van der Waals surface area (Å²) in [6.07, 6.45) is 0. The van der Waals surface area contributed by atoms with Crippen molar-refractivity contribution in [3.05, 3.63) is 206 Å². The van der Waals surface area contributed by atoms with E-state index in [0.29, 0.717) is 0 Å². The highest BCUT2D eigenvalue weighted by atomic mass is 15.0. The second-order valence-corrected chi connectivity index (χ2v) is 14.9. The molecule has 58 heavy (non-hydrogen) atoms. The second kappa shape index (κ2) is 12.9. The van der Waals surface area contributed by atoms with Crippen LogP contribution in [0.4, 0.5) is 0 Å². The van der Waals surface area contributed by atoms with E-state index >= 15 is 0 Å². The van der Waals surface area contributed by atoms with Crippen LogP contribution in [0.5, 0.6) is 0 Å². The minimum Gasteiger partial charge on any atom is -0.307 e. The maximum Gasteiger partial charge on any atom is 0.0973 e. The predicted molar refractivity (Wildman–Crippen MR) is 242 cm³/mol. The van der Waals surface area contributed by atoms with E-state index in [1.54, 1.807) is 0 Å². The number of rotatable bonds is 5. The Balaban J connectivity index is 1.18. The van der Waals surface area contributed by atoms with Crippen LogP contribution in [0.3, 0.4) is 0 Å². The summed E-state index contributed by atoms with van der Waals surface area (Å²) in [5.74, 6) is 0. The van der Waals surface area contributed by atoms with Crippen molar-refractivity contribution in [1.29, 1.82) is 0 Å². The standard InChI is InChI=1S/C54H34N4/c1-4-18-35(19-5-1)50-51(36-20-6-2-7-21-36)56-52-40(30-17-31-45(52)55-50)37-22-16-25-39(34-37)58-47-33-15-13-29-44(47)49-42-27-11-10-26-41(42)48-43-28-12-14-32-46(43)57(53(48)54(49)58)38-23-8-3-9-24-38/h1-34H. The van der Waals surface area contributed by atoms with Gasteiger partial charge in [-0.1, -0.05) is 164 Å². The largest absolute Gasteiger partial charge is 0.307 e. The van der Waals surface area contributed by atoms with Gasteiger partial charge in [0.25, 0.3) is 0 Å². The molecule has 0 spiro atoms. The number of hydrogen-bond acceptors (Lipinski definition) is 2. The van der Waals surface area contributed by atoms with Gasteiger partial charge in [-0.15, -0.1) is 0 Å². The average molecular weight is 739 g/mol. The van der Waals surface area contributed by atoms with Crippen molar-refractivity contribution in [1.82, 2.24) is 19.1 Å². The highest BCUT2D eigenvalue weighted by Gasteiger charge is 2.25. The van der Waals surface area contributed by atoms with Crippen molar-refractivity contribution in [2.45, 2.75) is 0 Å². The van der Waals surface area contributed by atoms with Gasteiger partial charge >= 0.3 is 0 Å². The second-order valence-electron chi connectivity index (χ2n) is 14.9. The van der Waals surface area contributed by atoms with Crippen LogP contribution in [0, 0.1) is 0 Å². The molecule has 0 aliphatic rings. The lowest BCUT2D eigenvalue weighted by Crippen LogP contribution is -2.00. The summed E-state index contributed by atoms with van der Waals surface area (Å²) in [6, 6.07) is 73.5. The fourth-order valence-corrected chi connectivity index (χ4v) is 9.22. The van der Waals surface area contributed by atoms with Crippen LogP contribution in [-0.2, 0) is 0 Å². The Morgan fingerprint density at radius 1 is 0.328 bits per heavy atom. The molecular formula is C54H34N4. The fraction of sp³-hybridized carbons (Fsp3) is 0. The van der Waals surface area contributed by atoms with E-state index in [0.717, 1.165) is 61.6 Å². The van der Waals surface area contributed by atoms with Crippen LogP contribution in [-0.4, -0.2) is 19.1 Å². The molecule has 0 saturated carbocycles. The van der Waals surface area contributed by atoms with Gasteiger partial charge in [0, 0.05) is 49.6 Å². The minimum atomic E-state index is 0.860.